The molecule has 0 spiro atoms. The van der Waals surface area contributed by atoms with Gasteiger partial charge in [-0.1, -0.05) is 122 Å². The quantitative estimate of drug-likeness (QED) is 0.134. The maximum absolute atomic E-state index is 10.3. The van der Waals surface area contributed by atoms with E-state index in [1.54, 1.807) is 0 Å². The van der Waals surface area contributed by atoms with E-state index in [2.05, 4.69) is 19.9 Å². The first kappa shape index (κ1) is 34.7. The van der Waals surface area contributed by atoms with Crippen molar-refractivity contribution < 1.29 is 20.1 Å². The number of hydrogen-bond acceptors (Lipinski definition) is 2. The molecule has 0 bridgehead atoms. The molecular formula is C28H52CaO4. The van der Waals surface area contributed by atoms with Gasteiger partial charge in [-0.25, -0.2) is 4.79 Å². The number of benzene rings is 1. The molecular weight excluding hydrogens is 440 g/mol. The Bertz CT molecular complexity index is 559. The van der Waals surface area contributed by atoms with Crippen LogP contribution >= 0.6 is 0 Å². The molecule has 0 heterocycles. The van der Waals surface area contributed by atoms with E-state index in [0.717, 1.165) is 12.8 Å². The van der Waals surface area contributed by atoms with E-state index < -0.39 is 6.16 Å². The summed E-state index contributed by atoms with van der Waals surface area (Å²) in [4.78, 5) is 8.56. The molecule has 33 heavy (non-hydrogen) atoms. The van der Waals surface area contributed by atoms with Crippen LogP contribution in [0.25, 0.3) is 0 Å². The summed E-state index contributed by atoms with van der Waals surface area (Å²) in [5.74, 6) is 0.524. The van der Waals surface area contributed by atoms with Crippen LogP contribution in [0.1, 0.15) is 134 Å². The van der Waals surface area contributed by atoms with Crippen molar-refractivity contribution in [1.29, 1.82) is 0 Å². The molecule has 0 aromatic heterocycles. The standard InChI is InChI=1S/C27H48O.CH2O3.Ca.2H/c1-3-5-7-9-11-12-13-15-16-18-21-25-22-20-24-27(28)26(25)23-19-17-14-10-8-6-4-2;2-1(3)4;;;/h20,22,24,28H,3-19,21,23H2,1-2H3;(H2,2,3,4);;;. The van der Waals surface area contributed by atoms with Crippen molar-refractivity contribution in [3.8, 4) is 5.75 Å². The summed E-state index contributed by atoms with van der Waals surface area (Å²) in [5, 5.41) is 24.3. The molecule has 0 aliphatic rings. The fraction of sp³-hybridized carbons (Fsp3) is 0.750. The van der Waals surface area contributed by atoms with Crippen LogP contribution in [0.2, 0.25) is 0 Å². The van der Waals surface area contributed by atoms with E-state index in [-0.39, 0.29) is 37.7 Å². The van der Waals surface area contributed by atoms with Crippen LogP contribution in [0, 0.1) is 0 Å². The van der Waals surface area contributed by atoms with E-state index >= 15 is 0 Å². The van der Waals surface area contributed by atoms with Gasteiger partial charge in [0.15, 0.2) is 0 Å². The van der Waals surface area contributed by atoms with Crippen LogP contribution in [-0.2, 0) is 12.8 Å². The fourth-order valence-corrected chi connectivity index (χ4v) is 4.21. The number of unbranched alkanes of at least 4 members (excludes halogenated alkanes) is 15. The Morgan fingerprint density at radius 3 is 1.42 bits per heavy atom. The Morgan fingerprint density at radius 1 is 0.636 bits per heavy atom. The number of phenolic OH excluding ortho intramolecular Hbond substituents is 1. The Morgan fingerprint density at radius 2 is 1.00 bits per heavy atom. The predicted octanol–water partition coefficient (Wildman–Crippen LogP) is 8.45. The SMILES string of the molecule is CCCCCCCCCCCCc1cccc(O)c1CCCCCCCCC.O=C(O)O.[CaH2]. The normalized spacial score (nSPS) is 10.2. The average Bonchev–Trinajstić information content (AvgIpc) is 2.75. The number of phenols is 1. The van der Waals surface area contributed by atoms with Crippen molar-refractivity contribution in [2.24, 2.45) is 0 Å². The molecule has 1 rings (SSSR count). The number of carbonyl (C=O) groups is 1. The minimum absolute atomic E-state index is 0. The minimum atomic E-state index is -1.83. The zero-order valence-electron chi connectivity index (χ0n) is 20.9. The molecule has 5 heteroatoms. The molecule has 3 N–H and O–H groups in total. The van der Waals surface area contributed by atoms with Crippen LogP contribution in [-0.4, -0.2) is 59.2 Å². The number of aryl methyl sites for hydroxylation is 1. The summed E-state index contributed by atoms with van der Waals surface area (Å²) in [6.45, 7) is 4.56. The summed E-state index contributed by atoms with van der Waals surface area (Å²) >= 11 is 0. The summed E-state index contributed by atoms with van der Waals surface area (Å²) in [6.07, 6.45) is 23.5. The van der Waals surface area contributed by atoms with Gasteiger partial charge in [0.25, 0.3) is 0 Å². The van der Waals surface area contributed by atoms with Crippen molar-refractivity contribution in [2.45, 2.75) is 136 Å². The molecule has 0 radical (unpaired) electrons. The summed E-state index contributed by atoms with van der Waals surface area (Å²) < 4.78 is 0. The second-order valence-corrected chi connectivity index (χ2v) is 9.00. The Labute approximate surface area is 233 Å². The molecule has 0 saturated carbocycles. The van der Waals surface area contributed by atoms with Crippen molar-refractivity contribution in [2.75, 3.05) is 0 Å². The summed E-state index contributed by atoms with van der Waals surface area (Å²) in [6, 6.07) is 6.14. The van der Waals surface area contributed by atoms with Crippen molar-refractivity contribution in [3.63, 3.8) is 0 Å². The van der Waals surface area contributed by atoms with Crippen LogP contribution in [0.4, 0.5) is 4.79 Å². The molecule has 0 saturated heterocycles. The van der Waals surface area contributed by atoms with Crippen LogP contribution < -0.4 is 0 Å². The second-order valence-electron chi connectivity index (χ2n) is 9.00. The molecule has 0 atom stereocenters. The third-order valence-electron chi connectivity index (χ3n) is 6.08. The Balaban J connectivity index is 0. The molecule has 1 aromatic rings. The van der Waals surface area contributed by atoms with E-state index in [4.69, 9.17) is 15.0 Å². The van der Waals surface area contributed by atoms with Gasteiger partial charge in [0.05, 0.1) is 0 Å². The number of aromatic hydroxyl groups is 1. The topological polar surface area (TPSA) is 77.8 Å². The van der Waals surface area contributed by atoms with Gasteiger partial charge in [-0.2, -0.15) is 0 Å². The van der Waals surface area contributed by atoms with Gasteiger partial charge in [0, 0.05) is 0 Å². The van der Waals surface area contributed by atoms with Gasteiger partial charge in [-0.15, -0.1) is 0 Å². The summed E-state index contributed by atoms with van der Waals surface area (Å²) in [7, 11) is 0. The molecule has 190 valence electrons. The molecule has 0 amide bonds. The van der Waals surface area contributed by atoms with E-state index in [1.165, 1.54) is 120 Å². The first-order chi connectivity index (χ1) is 15.5. The van der Waals surface area contributed by atoms with Crippen LogP contribution in [0.5, 0.6) is 5.75 Å². The van der Waals surface area contributed by atoms with E-state index in [9.17, 15) is 5.11 Å². The van der Waals surface area contributed by atoms with Crippen molar-refractivity contribution in [1.82, 2.24) is 0 Å². The zero-order valence-corrected chi connectivity index (χ0v) is 20.9. The molecule has 0 fully saturated rings. The molecule has 0 unspecified atom stereocenters. The predicted molar refractivity (Wildman–Crippen MR) is 145 cm³/mol. The molecule has 0 aliphatic heterocycles. The first-order valence-corrected chi connectivity index (χ1v) is 13.2. The third kappa shape index (κ3) is 23.1. The number of carboxylic acid groups (broad SMARTS) is 2. The van der Waals surface area contributed by atoms with Gasteiger partial charge in [-0.3, -0.25) is 0 Å². The number of hydrogen-bond donors (Lipinski definition) is 3. The fourth-order valence-electron chi connectivity index (χ4n) is 4.21. The van der Waals surface area contributed by atoms with Crippen LogP contribution in [0.15, 0.2) is 18.2 Å². The molecule has 0 aliphatic carbocycles. The Hall–Kier alpha value is -0.450. The first-order valence-electron chi connectivity index (χ1n) is 13.2. The number of rotatable bonds is 19. The molecule has 4 nitrogen and oxygen atoms in total. The van der Waals surface area contributed by atoms with Crippen molar-refractivity contribution in [3.05, 3.63) is 29.3 Å². The van der Waals surface area contributed by atoms with E-state index in [0.29, 0.717) is 5.75 Å². The van der Waals surface area contributed by atoms with Crippen molar-refractivity contribution >= 4 is 43.9 Å². The van der Waals surface area contributed by atoms with Gasteiger partial charge in [0.1, 0.15) is 5.75 Å². The summed E-state index contributed by atoms with van der Waals surface area (Å²) in [5.41, 5.74) is 2.62. The third-order valence-corrected chi connectivity index (χ3v) is 6.08. The molecule has 1 aromatic carbocycles. The monoisotopic (exact) mass is 492 g/mol. The maximum atomic E-state index is 10.3. The van der Waals surface area contributed by atoms with E-state index in [1.807, 2.05) is 12.1 Å². The zero-order chi connectivity index (χ0) is 23.9. The van der Waals surface area contributed by atoms with Gasteiger partial charge in [0.2, 0.25) is 0 Å². The average molecular weight is 493 g/mol. The Kier molecular flexibility index (Phi) is 27.5. The second kappa shape index (κ2) is 26.2. The van der Waals surface area contributed by atoms with Gasteiger partial charge < -0.3 is 15.3 Å². The van der Waals surface area contributed by atoms with Gasteiger partial charge in [-0.05, 0) is 42.9 Å². The van der Waals surface area contributed by atoms with Gasteiger partial charge >= 0.3 is 43.9 Å². The van der Waals surface area contributed by atoms with Crippen LogP contribution in [0.3, 0.4) is 0 Å².